The smallest absolute Gasteiger partial charge is 0.336 e. The van der Waals surface area contributed by atoms with Crippen LogP contribution in [0.2, 0.25) is 0 Å². The van der Waals surface area contributed by atoms with E-state index >= 15 is 0 Å². The minimum Gasteiger partial charge on any atom is -0.494 e. The van der Waals surface area contributed by atoms with Gasteiger partial charge in [-0.2, -0.15) is 0 Å². The van der Waals surface area contributed by atoms with Gasteiger partial charge in [-0.3, -0.25) is 0 Å². The van der Waals surface area contributed by atoms with Gasteiger partial charge in [0.2, 0.25) is 0 Å². The Morgan fingerprint density at radius 3 is 1.71 bits per heavy atom. The molecule has 41 heavy (non-hydrogen) atoms. The maximum atomic E-state index is 11.7. The third-order valence-corrected chi connectivity index (χ3v) is 7.08. The van der Waals surface area contributed by atoms with Crippen LogP contribution in [-0.4, -0.2) is 24.3 Å². The molecule has 0 unspecified atom stereocenters. The Kier molecular flexibility index (Phi) is 17.8. The lowest BCUT2D eigenvalue weighted by Gasteiger charge is -2.18. The van der Waals surface area contributed by atoms with Crippen LogP contribution in [0.25, 0.3) is 11.1 Å². The summed E-state index contributed by atoms with van der Waals surface area (Å²) in [5.41, 5.74) is 3.21. The number of aromatic carboxylic acids is 1. The van der Waals surface area contributed by atoms with Gasteiger partial charge in [-0.15, -0.1) is 0 Å². The van der Waals surface area contributed by atoms with Crippen LogP contribution in [0.1, 0.15) is 114 Å². The Morgan fingerprint density at radius 1 is 0.610 bits per heavy atom. The van der Waals surface area contributed by atoms with Crippen molar-refractivity contribution < 1.29 is 19.4 Å². The van der Waals surface area contributed by atoms with Crippen molar-refractivity contribution in [3.63, 3.8) is 0 Å². The second-order valence-electron chi connectivity index (χ2n) is 10.6. The van der Waals surface area contributed by atoms with Gasteiger partial charge in [0.15, 0.2) is 0 Å². The van der Waals surface area contributed by atoms with Crippen molar-refractivity contribution in [2.24, 2.45) is 0 Å². The van der Waals surface area contributed by atoms with Gasteiger partial charge in [-0.25, -0.2) is 4.79 Å². The first-order valence-electron chi connectivity index (χ1n) is 15.9. The summed E-state index contributed by atoms with van der Waals surface area (Å²) in [6, 6.07) is 23.7. The van der Waals surface area contributed by atoms with Crippen LogP contribution in [0.3, 0.4) is 0 Å². The third kappa shape index (κ3) is 13.3. The van der Waals surface area contributed by atoms with E-state index in [1.165, 1.54) is 57.8 Å². The maximum Gasteiger partial charge on any atom is 0.336 e. The molecule has 0 aromatic heterocycles. The minimum absolute atomic E-state index is 0.356. The zero-order valence-electron chi connectivity index (χ0n) is 25.7. The van der Waals surface area contributed by atoms with Gasteiger partial charge in [-0.05, 0) is 49.1 Å². The summed E-state index contributed by atoms with van der Waals surface area (Å²) in [4.78, 5) is 11.7. The second-order valence-corrected chi connectivity index (χ2v) is 10.6. The van der Waals surface area contributed by atoms with Crippen molar-refractivity contribution >= 4 is 5.97 Å². The van der Waals surface area contributed by atoms with E-state index in [2.05, 4.69) is 20.8 Å². The summed E-state index contributed by atoms with van der Waals surface area (Å²) < 4.78 is 11.8. The molecule has 0 aliphatic rings. The van der Waals surface area contributed by atoms with Crippen molar-refractivity contribution in [2.45, 2.75) is 104 Å². The Hall–Kier alpha value is -3.27. The molecule has 0 saturated carbocycles. The fraction of sp³-hybridized carbons (Fsp3) is 0.486. The molecule has 0 heterocycles. The number of para-hydroxylation sites is 1. The zero-order chi connectivity index (χ0) is 29.5. The van der Waals surface area contributed by atoms with E-state index in [0.717, 1.165) is 54.1 Å². The molecule has 3 rings (SSSR count). The van der Waals surface area contributed by atoms with E-state index in [9.17, 15) is 9.90 Å². The minimum atomic E-state index is -0.887. The second kappa shape index (κ2) is 21.5. The van der Waals surface area contributed by atoms with Crippen molar-refractivity contribution in [3.8, 4) is 22.6 Å². The maximum absolute atomic E-state index is 11.7. The summed E-state index contributed by atoms with van der Waals surface area (Å²) in [7, 11) is 0. The average molecular weight is 561 g/mol. The molecule has 0 spiro atoms. The number of hydrogen-bond donors (Lipinski definition) is 1. The third-order valence-electron chi connectivity index (χ3n) is 7.08. The molecule has 4 nitrogen and oxygen atoms in total. The molecule has 0 fully saturated rings. The molecule has 0 radical (unpaired) electrons. The van der Waals surface area contributed by atoms with E-state index in [-0.39, 0.29) is 0 Å². The highest BCUT2D eigenvalue weighted by atomic mass is 16.5. The lowest BCUT2D eigenvalue weighted by molar-refractivity contribution is 0.0695. The Morgan fingerprint density at radius 2 is 1.15 bits per heavy atom. The summed E-state index contributed by atoms with van der Waals surface area (Å²) in [5, 5.41) is 9.61. The quantitative estimate of drug-likeness (QED) is 0.148. The summed E-state index contributed by atoms with van der Waals surface area (Å²) in [6.07, 6.45) is 15.3. The largest absolute Gasteiger partial charge is 0.494 e. The lowest BCUT2D eigenvalue weighted by Crippen LogP contribution is -2.08. The molecule has 0 amide bonds. The van der Waals surface area contributed by atoms with Crippen molar-refractivity contribution in [1.82, 2.24) is 0 Å². The van der Waals surface area contributed by atoms with Crippen LogP contribution in [-0.2, 0) is 6.42 Å². The first kappa shape index (κ1) is 33.9. The molecule has 224 valence electrons. The number of carbonyl (C=O) groups is 1. The number of carboxylic acid groups (broad SMARTS) is 1. The van der Waals surface area contributed by atoms with Crippen LogP contribution in [0.5, 0.6) is 11.5 Å². The van der Waals surface area contributed by atoms with E-state index in [0.29, 0.717) is 18.6 Å². The average Bonchev–Trinajstić information content (AvgIpc) is 3.00. The predicted molar refractivity (Wildman–Crippen MR) is 172 cm³/mol. The SMILES string of the molecule is CCCCCCCCOc1c(-c2ccccc2)ccc(C(=O)O)c1CCC.CCCCCCCOc1ccccc1. The van der Waals surface area contributed by atoms with Crippen LogP contribution >= 0.6 is 0 Å². The number of ether oxygens (including phenoxy) is 2. The van der Waals surface area contributed by atoms with E-state index < -0.39 is 5.97 Å². The highest BCUT2D eigenvalue weighted by molar-refractivity contribution is 5.92. The highest BCUT2D eigenvalue weighted by Crippen LogP contribution is 2.36. The van der Waals surface area contributed by atoms with Gasteiger partial charge in [0.25, 0.3) is 0 Å². The monoisotopic (exact) mass is 560 g/mol. The molecule has 0 aliphatic carbocycles. The lowest BCUT2D eigenvalue weighted by atomic mass is 9.94. The Bertz CT molecular complexity index is 1080. The number of rotatable bonds is 19. The number of benzene rings is 3. The van der Waals surface area contributed by atoms with Gasteiger partial charge >= 0.3 is 5.97 Å². The Labute approximate surface area is 249 Å². The number of unbranched alkanes of at least 4 members (excludes halogenated alkanes) is 9. The van der Waals surface area contributed by atoms with Crippen molar-refractivity contribution in [1.29, 1.82) is 0 Å². The van der Waals surface area contributed by atoms with Crippen molar-refractivity contribution in [3.05, 3.63) is 83.9 Å². The van der Waals surface area contributed by atoms with Crippen LogP contribution in [0.15, 0.2) is 72.8 Å². The van der Waals surface area contributed by atoms with Gasteiger partial charge in [0.05, 0.1) is 18.8 Å². The summed E-state index contributed by atoms with van der Waals surface area (Å²) >= 11 is 0. The zero-order valence-corrected chi connectivity index (χ0v) is 25.7. The number of carboxylic acids is 1. The predicted octanol–water partition coefficient (Wildman–Crippen LogP) is 10.8. The molecule has 0 aliphatic heterocycles. The molecule has 3 aromatic rings. The molecule has 3 aromatic carbocycles. The highest BCUT2D eigenvalue weighted by Gasteiger charge is 2.19. The van der Waals surface area contributed by atoms with Crippen LogP contribution in [0.4, 0.5) is 0 Å². The first-order chi connectivity index (χ1) is 20.1. The fourth-order valence-electron chi connectivity index (χ4n) is 4.81. The van der Waals surface area contributed by atoms with Crippen molar-refractivity contribution in [2.75, 3.05) is 13.2 Å². The van der Waals surface area contributed by atoms with E-state index in [1.807, 2.05) is 66.7 Å². The van der Waals surface area contributed by atoms with Gasteiger partial charge in [0, 0.05) is 11.1 Å². The standard InChI is InChI=1S/C24H32O3.C13H20O/c1-3-5-6-7-8-12-18-27-23-20(19-14-10-9-11-15-19)16-17-22(24(25)26)21(23)13-4-2;1-2-3-4-5-9-12-14-13-10-7-6-8-11-13/h9-11,14-17H,3-8,12-13,18H2,1-2H3,(H,25,26);6-8,10-11H,2-5,9,12H2,1H3. The molecule has 0 saturated heterocycles. The molecule has 1 N–H and O–H groups in total. The summed E-state index contributed by atoms with van der Waals surface area (Å²) in [6.45, 7) is 8.01. The number of hydrogen-bond acceptors (Lipinski definition) is 3. The molecular formula is C37H52O4. The normalized spacial score (nSPS) is 10.5. The summed E-state index contributed by atoms with van der Waals surface area (Å²) in [5.74, 6) is 0.849. The Balaban J connectivity index is 0.000000353. The fourth-order valence-corrected chi connectivity index (χ4v) is 4.81. The van der Waals surface area contributed by atoms with Gasteiger partial charge in [0.1, 0.15) is 11.5 Å². The molecule has 4 heteroatoms. The molecule has 0 bridgehead atoms. The molecule has 0 atom stereocenters. The first-order valence-corrected chi connectivity index (χ1v) is 15.9. The van der Waals surface area contributed by atoms with Crippen LogP contribution in [0, 0.1) is 0 Å². The van der Waals surface area contributed by atoms with Gasteiger partial charge in [-0.1, -0.05) is 134 Å². The van der Waals surface area contributed by atoms with E-state index in [4.69, 9.17) is 9.47 Å². The topological polar surface area (TPSA) is 55.8 Å². The van der Waals surface area contributed by atoms with Gasteiger partial charge < -0.3 is 14.6 Å². The van der Waals surface area contributed by atoms with Crippen LogP contribution < -0.4 is 9.47 Å². The van der Waals surface area contributed by atoms with E-state index in [1.54, 1.807) is 6.07 Å². The molecular weight excluding hydrogens is 508 g/mol.